The normalized spacial score (nSPS) is 11.0. The van der Waals surface area contributed by atoms with Gasteiger partial charge in [-0.3, -0.25) is 4.79 Å². The molecule has 6 heteroatoms. The largest absolute Gasteiger partial charge is 0.493 e. The van der Waals surface area contributed by atoms with E-state index in [1.165, 1.54) is 17.0 Å². The lowest BCUT2D eigenvalue weighted by Gasteiger charge is -2.12. The smallest absolute Gasteiger partial charge is 0.243 e. The molecule has 0 spiro atoms. The van der Waals surface area contributed by atoms with Crippen molar-refractivity contribution in [3.63, 3.8) is 0 Å². The zero-order chi connectivity index (χ0) is 20.6. The van der Waals surface area contributed by atoms with E-state index in [4.69, 9.17) is 14.2 Å². The molecule has 1 heterocycles. The first kappa shape index (κ1) is 20.3. The van der Waals surface area contributed by atoms with Gasteiger partial charge in [0.1, 0.15) is 0 Å². The van der Waals surface area contributed by atoms with Crippen molar-refractivity contribution in [3.8, 4) is 17.2 Å². The van der Waals surface area contributed by atoms with Gasteiger partial charge in [0.15, 0.2) is 11.5 Å². The molecular formula is C23H26N2O4. The van der Waals surface area contributed by atoms with Crippen LogP contribution in [0.1, 0.15) is 17.5 Å². The van der Waals surface area contributed by atoms with Crippen molar-refractivity contribution >= 4 is 22.9 Å². The van der Waals surface area contributed by atoms with Crippen molar-refractivity contribution in [2.24, 2.45) is 0 Å². The average Bonchev–Trinajstić information content (AvgIpc) is 3.17. The van der Waals surface area contributed by atoms with Crippen LogP contribution in [0.5, 0.6) is 17.2 Å². The van der Waals surface area contributed by atoms with E-state index in [0.29, 0.717) is 23.8 Å². The van der Waals surface area contributed by atoms with Crippen LogP contribution in [-0.4, -0.2) is 38.8 Å². The lowest BCUT2D eigenvalue weighted by molar-refractivity contribution is -0.116. The molecule has 0 saturated heterocycles. The molecule has 0 radical (unpaired) electrons. The zero-order valence-corrected chi connectivity index (χ0v) is 17.0. The van der Waals surface area contributed by atoms with Gasteiger partial charge in [0.25, 0.3) is 0 Å². The molecule has 0 aliphatic rings. The number of aryl methyl sites for hydroxylation is 1. The summed E-state index contributed by atoms with van der Waals surface area (Å²) < 4.78 is 16.0. The molecular weight excluding hydrogens is 368 g/mol. The fraction of sp³-hybridized carbons (Fsp3) is 0.261. The first-order chi connectivity index (χ1) is 14.2. The van der Waals surface area contributed by atoms with Gasteiger partial charge in [-0.15, -0.1) is 0 Å². The molecule has 0 atom stereocenters. The van der Waals surface area contributed by atoms with Crippen molar-refractivity contribution in [2.45, 2.75) is 12.8 Å². The molecule has 0 bridgehead atoms. The molecule has 3 rings (SSSR count). The van der Waals surface area contributed by atoms with Gasteiger partial charge < -0.3 is 24.5 Å². The number of hydrogen-bond donors (Lipinski definition) is 2. The lowest BCUT2D eigenvalue weighted by Crippen LogP contribution is -2.22. The molecule has 3 aromatic rings. The maximum absolute atomic E-state index is 12.1. The van der Waals surface area contributed by atoms with Crippen molar-refractivity contribution < 1.29 is 19.0 Å². The van der Waals surface area contributed by atoms with Crippen molar-refractivity contribution in [3.05, 3.63) is 59.8 Å². The molecule has 0 saturated carbocycles. The number of aromatic amines is 1. The minimum atomic E-state index is -0.141. The summed E-state index contributed by atoms with van der Waals surface area (Å²) in [5.41, 5.74) is 3.19. The maximum Gasteiger partial charge on any atom is 0.243 e. The van der Waals surface area contributed by atoms with Gasteiger partial charge in [-0.05, 0) is 48.2 Å². The average molecular weight is 394 g/mol. The number of para-hydroxylation sites is 1. The Morgan fingerprint density at radius 2 is 1.79 bits per heavy atom. The van der Waals surface area contributed by atoms with Crippen LogP contribution in [-0.2, 0) is 11.2 Å². The number of nitrogens with one attached hydrogen (secondary N) is 2. The lowest BCUT2D eigenvalue weighted by atomic mass is 10.1. The van der Waals surface area contributed by atoms with E-state index in [2.05, 4.69) is 22.4 Å². The topological polar surface area (TPSA) is 72.6 Å². The second kappa shape index (κ2) is 9.68. The maximum atomic E-state index is 12.1. The number of amides is 1. The number of rotatable bonds is 9. The van der Waals surface area contributed by atoms with E-state index in [9.17, 15) is 4.79 Å². The van der Waals surface area contributed by atoms with Crippen molar-refractivity contribution in [1.82, 2.24) is 10.3 Å². The monoisotopic (exact) mass is 394 g/mol. The number of benzene rings is 2. The Morgan fingerprint density at radius 3 is 2.48 bits per heavy atom. The van der Waals surface area contributed by atoms with Gasteiger partial charge in [-0.2, -0.15) is 0 Å². The fourth-order valence-corrected chi connectivity index (χ4v) is 3.26. The van der Waals surface area contributed by atoms with E-state index in [-0.39, 0.29) is 5.91 Å². The Labute approximate surface area is 170 Å². The third-order valence-corrected chi connectivity index (χ3v) is 4.71. The minimum Gasteiger partial charge on any atom is -0.493 e. The highest BCUT2D eigenvalue weighted by Gasteiger charge is 2.12. The summed E-state index contributed by atoms with van der Waals surface area (Å²) in [5.74, 6) is 1.47. The first-order valence-electron chi connectivity index (χ1n) is 9.47. The molecule has 2 aromatic carbocycles. The second-order valence-corrected chi connectivity index (χ2v) is 6.55. The van der Waals surface area contributed by atoms with Crippen molar-refractivity contribution in [1.29, 1.82) is 0 Å². The number of fused-ring (bicyclic) bond motifs is 1. The van der Waals surface area contributed by atoms with Crippen LogP contribution in [0, 0.1) is 0 Å². The number of methoxy groups -OCH3 is 3. The highest BCUT2D eigenvalue weighted by molar-refractivity contribution is 5.92. The Kier molecular flexibility index (Phi) is 6.79. The van der Waals surface area contributed by atoms with Crippen LogP contribution in [0.2, 0.25) is 0 Å². The van der Waals surface area contributed by atoms with Crippen LogP contribution in [0.25, 0.3) is 17.0 Å². The molecule has 2 N–H and O–H groups in total. The fourth-order valence-electron chi connectivity index (χ4n) is 3.26. The molecule has 1 amide bonds. The Morgan fingerprint density at radius 1 is 1.07 bits per heavy atom. The third kappa shape index (κ3) is 4.90. The third-order valence-electron chi connectivity index (χ3n) is 4.71. The van der Waals surface area contributed by atoms with Gasteiger partial charge in [-0.25, -0.2) is 0 Å². The predicted molar refractivity (Wildman–Crippen MR) is 115 cm³/mol. The summed E-state index contributed by atoms with van der Waals surface area (Å²) in [5, 5.41) is 4.16. The van der Waals surface area contributed by atoms with E-state index < -0.39 is 0 Å². The Hall–Kier alpha value is -3.41. The summed E-state index contributed by atoms with van der Waals surface area (Å²) in [6.45, 7) is 0.609. The van der Waals surface area contributed by atoms with E-state index in [1.807, 2.05) is 18.3 Å². The van der Waals surface area contributed by atoms with Crippen LogP contribution >= 0.6 is 0 Å². The van der Waals surface area contributed by atoms with Crippen LogP contribution in [0.4, 0.5) is 0 Å². The Balaban J connectivity index is 1.53. The van der Waals surface area contributed by atoms with Crippen molar-refractivity contribution in [2.75, 3.05) is 27.9 Å². The summed E-state index contributed by atoms with van der Waals surface area (Å²) in [6, 6.07) is 11.8. The molecule has 1 aromatic heterocycles. The summed E-state index contributed by atoms with van der Waals surface area (Å²) in [7, 11) is 4.68. The molecule has 29 heavy (non-hydrogen) atoms. The minimum absolute atomic E-state index is 0.141. The molecule has 6 nitrogen and oxygen atoms in total. The van der Waals surface area contributed by atoms with Gasteiger partial charge >= 0.3 is 0 Å². The number of ether oxygens (including phenoxy) is 3. The molecule has 0 aliphatic carbocycles. The number of carbonyl (C=O) groups is 1. The number of carbonyl (C=O) groups excluding carboxylic acids is 1. The molecule has 0 fully saturated rings. The zero-order valence-electron chi connectivity index (χ0n) is 17.0. The quantitative estimate of drug-likeness (QED) is 0.426. The predicted octanol–water partition coefficient (Wildman–Crippen LogP) is 3.96. The van der Waals surface area contributed by atoms with E-state index in [1.54, 1.807) is 39.5 Å². The summed E-state index contributed by atoms with van der Waals surface area (Å²) in [6.07, 6.45) is 7.04. The first-order valence-corrected chi connectivity index (χ1v) is 9.47. The molecule has 0 unspecified atom stereocenters. The van der Waals surface area contributed by atoms with Crippen LogP contribution in [0.3, 0.4) is 0 Å². The number of H-pyrrole nitrogens is 1. The standard InChI is InChI=1S/C23H26N2O4/c1-27-20-13-16(14-21(28-2)23(20)29-3)10-11-22(26)24-12-6-7-17-15-25-19-9-5-4-8-18(17)19/h4-5,8-11,13-15,25H,6-7,12H2,1-3H3,(H,24,26). The highest BCUT2D eigenvalue weighted by atomic mass is 16.5. The van der Waals surface area contributed by atoms with Crippen LogP contribution < -0.4 is 19.5 Å². The van der Waals surface area contributed by atoms with Gasteiger partial charge in [-0.1, -0.05) is 18.2 Å². The Bertz CT molecular complexity index is 982. The number of hydrogen-bond acceptors (Lipinski definition) is 4. The number of aromatic nitrogens is 1. The van der Waals surface area contributed by atoms with Crippen LogP contribution in [0.15, 0.2) is 48.7 Å². The van der Waals surface area contributed by atoms with E-state index in [0.717, 1.165) is 23.9 Å². The summed E-state index contributed by atoms with van der Waals surface area (Å²) >= 11 is 0. The van der Waals surface area contributed by atoms with Gasteiger partial charge in [0.05, 0.1) is 21.3 Å². The summed E-state index contributed by atoms with van der Waals surface area (Å²) in [4.78, 5) is 15.4. The van der Waals surface area contributed by atoms with E-state index >= 15 is 0 Å². The SMILES string of the molecule is COc1cc(C=CC(=O)NCCCc2c[nH]c3ccccc23)cc(OC)c1OC. The molecule has 0 aliphatic heterocycles. The van der Waals surface area contributed by atoms with Gasteiger partial charge in [0.2, 0.25) is 11.7 Å². The second-order valence-electron chi connectivity index (χ2n) is 6.55. The highest BCUT2D eigenvalue weighted by Crippen LogP contribution is 2.38. The molecule has 152 valence electrons. The van der Waals surface area contributed by atoms with Gasteiger partial charge in [0, 0.05) is 29.7 Å².